The second kappa shape index (κ2) is 5.31. The maximum atomic E-state index is 12.0. The number of carbonyl (C=O) groups is 1. The number of nitrogens with one attached hydrogen (secondary N) is 2. The summed E-state index contributed by atoms with van der Waals surface area (Å²) in [7, 11) is 0. The van der Waals surface area contributed by atoms with Crippen LogP contribution in [0, 0.1) is 6.92 Å². The average molecular weight is 236 g/mol. The van der Waals surface area contributed by atoms with Crippen molar-refractivity contribution in [2.24, 2.45) is 0 Å². The van der Waals surface area contributed by atoms with E-state index in [4.69, 9.17) is 0 Å². The normalized spacial score (nSPS) is 21.4. The number of hydrogen-bond acceptors (Lipinski definition) is 3. The Labute approximate surface area is 102 Å². The maximum absolute atomic E-state index is 12.0. The summed E-state index contributed by atoms with van der Waals surface area (Å²) >= 11 is 0. The monoisotopic (exact) mass is 236 g/mol. The van der Waals surface area contributed by atoms with E-state index in [1.54, 1.807) is 6.20 Å². The largest absolute Gasteiger partial charge is 0.348 e. The van der Waals surface area contributed by atoms with Crippen molar-refractivity contribution >= 4 is 5.91 Å². The average Bonchev–Trinajstić information content (AvgIpc) is 2.76. The van der Waals surface area contributed by atoms with Crippen LogP contribution in [0.15, 0.2) is 6.20 Å². The fourth-order valence-electron chi connectivity index (χ4n) is 2.30. The Morgan fingerprint density at radius 3 is 3.18 bits per heavy atom. The molecule has 2 heterocycles. The van der Waals surface area contributed by atoms with Crippen LogP contribution in [-0.4, -0.2) is 46.7 Å². The zero-order chi connectivity index (χ0) is 12.3. The Balaban J connectivity index is 1.93. The quantitative estimate of drug-likeness (QED) is 0.821. The third-order valence-corrected chi connectivity index (χ3v) is 3.36. The Bertz CT molecular complexity index is 388. The summed E-state index contributed by atoms with van der Waals surface area (Å²) in [6.07, 6.45) is 3.81. The van der Waals surface area contributed by atoms with E-state index in [9.17, 15) is 4.79 Å². The third-order valence-electron chi connectivity index (χ3n) is 3.36. The number of amides is 1. The molecular weight excluding hydrogens is 216 g/mol. The van der Waals surface area contributed by atoms with Crippen LogP contribution in [0.25, 0.3) is 0 Å². The van der Waals surface area contributed by atoms with E-state index in [0.717, 1.165) is 38.2 Å². The summed E-state index contributed by atoms with van der Waals surface area (Å²) in [5, 5.41) is 9.74. The van der Waals surface area contributed by atoms with Crippen molar-refractivity contribution in [3.8, 4) is 0 Å². The minimum atomic E-state index is -0.0146. The van der Waals surface area contributed by atoms with Gasteiger partial charge < -0.3 is 10.2 Å². The topological polar surface area (TPSA) is 61.0 Å². The van der Waals surface area contributed by atoms with E-state index in [-0.39, 0.29) is 11.9 Å². The summed E-state index contributed by atoms with van der Waals surface area (Å²) in [5.41, 5.74) is 1.48. The molecule has 0 spiro atoms. The van der Waals surface area contributed by atoms with Crippen molar-refractivity contribution < 1.29 is 4.79 Å². The Kier molecular flexibility index (Phi) is 3.78. The first-order valence-electron chi connectivity index (χ1n) is 6.24. The van der Waals surface area contributed by atoms with Crippen LogP contribution in [0.2, 0.25) is 0 Å². The van der Waals surface area contributed by atoms with Gasteiger partial charge in [0.05, 0.1) is 11.8 Å². The van der Waals surface area contributed by atoms with E-state index in [0.29, 0.717) is 5.56 Å². The molecule has 17 heavy (non-hydrogen) atoms. The Morgan fingerprint density at radius 2 is 2.53 bits per heavy atom. The molecule has 2 rings (SSSR count). The highest BCUT2D eigenvalue weighted by atomic mass is 16.1. The number of H-pyrrole nitrogens is 1. The number of likely N-dealkylation sites (tertiary alicyclic amines) is 1. The molecule has 0 radical (unpaired) electrons. The molecule has 1 unspecified atom stereocenters. The lowest BCUT2D eigenvalue weighted by molar-refractivity contribution is 0.0905. The van der Waals surface area contributed by atoms with Crippen LogP contribution in [0.5, 0.6) is 0 Å². The molecule has 1 aliphatic rings. The van der Waals surface area contributed by atoms with Crippen LogP contribution in [-0.2, 0) is 0 Å². The lowest BCUT2D eigenvalue weighted by Crippen LogP contribution is -2.47. The summed E-state index contributed by atoms with van der Waals surface area (Å²) in [5.74, 6) is -0.0146. The zero-order valence-electron chi connectivity index (χ0n) is 10.5. The molecule has 1 aromatic heterocycles. The van der Waals surface area contributed by atoms with Gasteiger partial charge in [-0.15, -0.1) is 0 Å². The summed E-state index contributed by atoms with van der Waals surface area (Å²) < 4.78 is 0. The highest BCUT2D eigenvalue weighted by Gasteiger charge is 2.21. The second-order valence-corrected chi connectivity index (χ2v) is 4.61. The fraction of sp³-hybridized carbons (Fsp3) is 0.667. The number of aryl methyl sites for hydroxylation is 1. The maximum Gasteiger partial charge on any atom is 0.254 e. The van der Waals surface area contributed by atoms with Crippen LogP contribution < -0.4 is 5.32 Å². The van der Waals surface area contributed by atoms with Crippen molar-refractivity contribution in [2.75, 3.05) is 19.6 Å². The molecule has 5 nitrogen and oxygen atoms in total. The Morgan fingerprint density at radius 1 is 1.71 bits per heavy atom. The van der Waals surface area contributed by atoms with Gasteiger partial charge in [-0.05, 0) is 32.9 Å². The first kappa shape index (κ1) is 12.1. The number of piperidine rings is 1. The van der Waals surface area contributed by atoms with Crippen molar-refractivity contribution in [3.05, 3.63) is 17.5 Å². The molecule has 0 saturated carbocycles. The first-order valence-corrected chi connectivity index (χ1v) is 6.24. The van der Waals surface area contributed by atoms with Crippen molar-refractivity contribution in [3.63, 3.8) is 0 Å². The van der Waals surface area contributed by atoms with Crippen molar-refractivity contribution in [1.82, 2.24) is 20.4 Å². The standard InChI is InChI=1S/C12H20N4O/c1-3-16-6-4-5-10(8-16)14-12(17)11-7-13-15-9(11)2/h7,10H,3-6,8H2,1-2H3,(H,13,15)(H,14,17). The summed E-state index contributed by atoms with van der Waals surface area (Å²) in [4.78, 5) is 14.4. The van der Waals surface area contributed by atoms with Crippen LogP contribution in [0.1, 0.15) is 35.8 Å². The highest BCUT2D eigenvalue weighted by molar-refractivity contribution is 5.95. The van der Waals surface area contributed by atoms with E-state index < -0.39 is 0 Å². The predicted molar refractivity (Wildman–Crippen MR) is 65.9 cm³/mol. The minimum absolute atomic E-state index is 0.0146. The SMILES string of the molecule is CCN1CCCC(NC(=O)c2cn[nH]c2C)C1. The van der Waals surface area contributed by atoms with Gasteiger partial charge in [0.15, 0.2) is 0 Å². The molecule has 1 atom stereocenters. The number of aromatic amines is 1. The molecule has 1 aliphatic heterocycles. The van der Waals surface area contributed by atoms with Gasteiger partial charge >= 0.3 is 0 Å². The van der Waals surface area contributed by atoms with Crippen molar-refractivity contribution in [1.29, 1.82) is 0 Å². The molecule has 1 amide bonds. The molecule has 0 aliphatic carbocycles. The Hall–Kier alpha value is -1.36. The predicted octanol–water partition coefficient (Wildman–Crippen LogP) is 0.932. The highest BCUT2D eigenvalue weighted by Crippen LogP contribution is 2.11. The number of aromatic nitrogens is 2. The van der Waals surface area contributed by atoms with Gasteiger partial charge in [0.25, 0.3) is 5.91 Å². The van der Waals surface area contributed by atoms with Gasteiger partial charge in [0.2, 0.25) is 0 Å². The molecule has 5 heteroatoms. The van der Waals surface area contributed by atoms with Gasteiger partial charge in [-0.25, -0.2) is 0 Å². The zero-order valence-corrected chi connectivity index (χ0v) is 10.5. The van der Waals surface area contributed by atoms with E-state index >= 15 is 0 Å². The van der Waals surface area contributed by atoms with E-state index in [2.05, 4.69) is 27.3 Å². The van der Waals surface area contributed by atoms with Crippen LogP contribution >= 0.6 is 0 Å². The number of likely N-dealkylation sites (N-methyl/N-ethyl adjacent to an activating group) is 1. The molecule has 94 valence electrons. The van der Waals surface area contributed by atoms with Gasteiger partial charge in [-0.2, -0.15) is 5.10 Å². The lowest BCUT2D eigenvalue weighted by Gasteiger charge is -2.32. The second-order valence-electron chi connectivity index (χ2n) is 4.61. The van der Waals surface area contributed by atoms with E-state index in [1.165, 1.54) is 0 Å². The molecule has 1 aromatic rings. The van der Waals surface area contributed by atoms with Crippen molar-refractivity contribution in [2.45, 2.75) is 32.7 Å². The summed E-state index contributed by atoms with van der Waals surface area (Å²) in [6, 6.07) is 0.269. The van der Waals surface area contributed by atoms with Gasteiger partial charge in [0.1, 0.15) is 0 Å². The number of nitrogens with zero attached hydrogens (tertiary/aromatic N) is 2. The minimum Gasteiger partial charge on any atom is -0.348 e. The summed E-state index contributed by atoms with van der Waals surface area (Å²) in [6.45, 7) is 7.18. The molecule has 1 fully saturated rings. The molecular formula is C12H20N4O. The van der Waals surface area contributed by atoms with Crippen LogP contribution in [0.4, 0.5) is 0 Å². The number of hydrogen-bond donors (Lipinski definition) is 2. The fourth-order valence-corrected chi connectivity index (χ4v) is 2.30. The molecule has 2 N–H and O–H groups in total. The first-order chi connectivity index (χ1) is 8.20. The van der Waals surface area contributed by atoms with Gasteiger partial charge in [-0.3, -0.25) is 9.89 Å². The molecule has 0 aromatic carbocycles. The lowest BCUT2D eigenvalue weighted by atomic mass is 10.1. The smallest absolute Gasteiger partial charge is 0.254 e. The number of carbonyl (C=O) groups excluding carboxylic acids is 1. The van der Waals surface area contributed by atoms with Crippen LogP contribution in [0.3, 0.4) is 0 Å². The number of rotatable bonds is 3. The molecule has 0 bridgehead atoms. The third kappa shape index (κ3) is 2.85. The molecule has 1 saturated heterocycles. The van der Waals surface area contributed by atoms with Gasteiger partial charge in [0, 0.05) is 18.3 Å². The van der Waals surface area contributed by atoms with E-state index in [1.807, 2.05) is 6.92 Å². The van der Waals surface area contributed by atoms with Gasteiger partial charge in [-0.1, -0.05) is 6.92 Å².